The maximum absolute atomic E-state index is 13.9. The maximum atomic E-state index is 13.9. The standard InChI is InChI=1S/C23H20FN3O3S2/c1-15-10-11-16(14-21(15)32(29,30)27-18-7-3-2-6-17(18)24)25-22(28)12-13-23-26-19-8-4-5-9-20(19)31-23/h2-11,14,27H,12-13H2,1H3,(H,25,28). The molecule has 0 aliphatic rings. The number of sulfonamides is 1. The molecule has 0 spiro atoms. The molecular weight excluding hydrogens is 449 g/mol. The van der Waals surface area contributed by atoms with Crippen LogP contribution in [0.4, 0.5) is 15.8 Å². The Balaban J connectivity index is 1.45. The molecule has 0 aliphatic heterocycles. The fourth-order valence-corrected chi connectivity index (χ4v) is 5.49. The highest BCUT2D eigenvalue weighted by Gasteiger charge is 2.19. The minimum Gasteiger partial charge on any atom is -0.326 e. The van der Waals surface area contributed by atoms with Crippen LogP contribution in [0.15, 0.2) is 71.6 Å². The number of nitrogens with one attached hydrogen (secondary N) is 2. The molecule has 32 heavy (non-hydrogen) atoms. The highest BCUT2D eigenvalue weighted by molar-refractivity contribution is 7.92. The Kier molecular flexibility index (Phi) is 6.20. The van der Waals surface area contributed by atoms with Crippen molar-refractivity contribution >= 4 is 48.9 Å². The van der Waals surface area contributed by atoms with Crippen molar-refractivity contribution in [2.45, 2.75) is 24.7 Å². The zero-order valence-electron chi connectivity index (χ0n) is 17.1. The van der Waals surface area contributed by atoms with Gasteiger partial charge in [0.15, 0.2) is 0 Å². The van der Waals surface area contributed by atoms with Crippen molar-refractivity contribution < 1.29 is 17.6 Å². The molecule has 0 radical (unpaired) electrons. The quantitative estimate of drug-likeness (QED) is 0.393. The summed E-state index contributed by atoms with van der Waals surface area (Å²) in [6.07, 6.45) is 0.695. The number of anilines is 2. The lowest BCUT2D eigenvalue weighted by Gasteiger charge is -2.13. The molecule has 1 aromatic heterocycles. The van der Waals surface area contributed by atoms with E-state index in [4.69, 9.17) is 0 Å². The van der Waals surface area contributed by atoms with Gasteiger partial charge in [0.25, 0.3) is 10.0 Å². The summed E-state index contributed by atoms with van der Waals surface area (Å²) in [6.45, 7) is 1.63. The topological polar surface area (TPSA) is 88.2 Å². The van der Waals surface area contributed by atoms with Crippen molar-refractivity contribution in [2.75, 3.05) is 10.0 Å². The van der Waals surface area contributed by atoms with Gasteiger partial charge in [-0.2, -0.15) is 0 Å². The van der Waals surface area contributed by atoms with Gasteiger partial charge in [0, 0.05) is 18.5 Å². The third kappa shape index (κ3) is 4.95. The highest BCUT2D eigenvalue weighted by Crippen LogP contribution is 2.25. The molecule has 0 saturated carbocycles. The first-order valence-electron chi connectivity index (χ1n) is 9.84. The second-order valence-electron chi connectivity index (χ2n) is 7.19. The van der Waals surface area contributed by atoms with E-state index in [9.17, 15) is 17.6 Å². The fraction of sp³-hybridized carbons (Fsp3) is 0.130. The molecule has 4 rings (SSSR count). The number of thiazole rings is 1. The molecule has 9 heteroatoms. The largest absolute Gasteiger partial charge is 0.326 e. The van der Waals surface area contributed by atoms with Crippen molar-refractivity contribution in [2.24, 2.45) is 0 Å². The average Bonchev–Trinajstić information content (AvgIpc) is 3.18. The number of aryl methyl sites for hydroxylation is 2. The van der Waals surface area contributed by atoms with Crippen LogP contribution in [0.3, 0.4) is 0 Å². The predicted octanol–water partition coefficient (Wildman–Crippen LogP) is 5.12. The smallest absolute Gasteiger partial charge is 0.262 e. The Morgan fingerprint density at radius 3 is 2.59 bits per heavy atom. The number of carbonyl (C=O) groups is 1. The molecule has 164 valence electrons. The van der Waals surface area contributed by atoms with Crippen molar-refractivity contribution in [1.29, 1.82) is 0 Å². The van der Waals surface area contributed by atoms with Crippen LogP contribution in [0.1, 0.15) is 17.0 Å². The van der Waals surface area contributed by atoms with Gasteiger partial charge in [-0.05, 0) is 48.9 Å². The van der Waals surface area contributed by atoms with E-state index >= 15 is 0 Å². The van der Waals surface area contributed by atoms with Gasteiger partial charge < -0.3 is 5.32 Å². The number of para-hydroxylation sites is 2. The van der Waals surface area contributed by atoms with Gasteiger partial charge in [0.2, 0.25) is 5.91 Å². The monoisotopic (exact) mass is 469 g/mol. The summed E-state index contributed by atoms with van der Waals surface area (Å²) >= 11 is 1.55. The van der Waals surface area contributed by atoms with Gasteiger partial charge in [-0.3, -0.25) is 9.52 Å². The maximum Gasteiger partial charge on any atom is 0.262 e. The summed E-state index contributed by atoms with van der Waals surface area (Å²) in [5.41, 5.74) is 1.58. The van der Waals surface area contributed by atoms with E-state index in [2.05, 4.69) is 15.0 Å². The van der Waals surface area contributed by atoms with E-state index in [1.807, 2.05) is 24.3 Å². The van der Waals surface area contributed by atoms with E-state index in [1.165, 1.54) is 30.3 Å². The number of hydrogen-bond donors (Lipinski definition) is 2. The Bertz CT molecular complexity index is 1370. The third-order valence-corrected chi connectivity index (χ3v) is 7.39. The Labute approximate surface area is 189 Å². The number of rotatable bonds is 7. The molecule has 0 saturated heterocycles. The number of carbonyl (C=O) groups excluding carboxylic acids is 1. The molecule has 4 aromatic rings. The van der Waals surface area contributed by atoms with Gasteiger partial charge in [0.05, 0.1) is 25.8 Å². The summed E-state index contributed by atoms with van der Waals surface area (Å²) in [5, 5.41) is 3.60. The Morgan fingerprint density at radius 1 is 1.06 bits per heavy atom. The molecule has 1 heterocycles. The summed E-state index contributed by atoms with van der Waals surface area (Å²) in [4.78, 5) is 16.9. The van der Waals surface area contributed by atoms with Crippen LogP contribution in [-0.2, 0) is 21.2 Å². The minimum atomic E-state index is -4.04. The lowest BCUT2D eigenvalue weighted by molar-refractivity contribution is -0.116. The summed E-state index contributed by atoms with van der Waals surface area (Å²) in [7, 11) is -4.04. The van der Waals surface area contributed by atoms with Crippen LogP contribution < -0.4 is 10.0 Å². The summed E-state index contributed by atoms with van der Waals surface area (Å²) < 4.78 is 42.8. The normalized spacial score (nSPS) is 11.4. The number of amides is 1. The van der Waals surface area contributed by atoms with E-state index in [0.29, 0.717) is 17.7 Å². The first kappa shape index (κ1) is 21.9. The second-order valence-corrected chi connectivity index (χ2v) is 9.96. The van der Waals surface area contributed by atoms with Gasteiger partial charge in [-0.1, -0.05) is 30.3 Å². The van der Waals surface area contributed by atoms with E-state index < -0.39 is 15.8 Å². The van der Waals surface area contributed by atoms with Crippen LogP contribution in [0, 0.1) is 12.7 Å². The van der Waals surface area contributed by atoms with Gasteiger partial charge in [-0.15, -0.1) is 11.3 Å². The number of benzene rings is 3. The number of aromatic nitrogens is 1. The first-order valence-corrected chi connectivity index (χ1v) is 12.1. The summed E-state index contributed by atoms with van der Waals surface area (Å²) in [5.74, 6) is -0.924. The second kappa shape index (κ2) is 9.05. The Morgan fingerprint density at radius 2 is 1.81 bits per heavy atom. The molecule has 0 bridgehead atoms. The Hall–Kier alpha value is -3.30. The molecule has 6 nitrogen and oxygen atoms in total. The van der Waals surface area contributed by atoms with Gasteiger partial charge >= 0.3 is 0 Å². The number of fused-ring (bicyclic) bond motifs is 1. The zero-order chi connectivity index (χ0) is 22.7. The van der Waals surface area contributed by atoms with E-state index in [0.717, 1.165) is 15.2 Å². The molecule has 0 atom stereocenters. The third-order valence-electron chi connectivity index (χ3n) is 4.78. The van der Waals surface area contributed by atoms with Crippen molar-refractivity contribution in [3.63, 3.8) is 0 Å². The number of nitrogens with zero attached hydrogens (tertiary/aromatic N) is 1. The van der Waals surface area contributed by atoms with Crippen LogP contribution in [0.25, 0.3) is 10.2 Å². The zero-order valence-corrected chi connectivity index (χ0v) is 18.8. The van der Waals surface area contributed by atoms with E-state index in [-0.39, 0.29) is 22.9 Å². The van der Waals surface area contributed by atoms with Crippen molar-refractivity contribution in [3.05, 3.63) is 83.1 Å². The van der Waals surface area contributed by atoms with Crippen LogP contribution >= 0.6 is 11.3 Å². The van der Waals surface area contributed by atoms with Crippen molar-refractivity contribution in [3.8, 4) is 0 Å². The highest BCUT2D eigenvalue weighted by atomic mass is 32.2. The lowest BCUT2D eigenvalue weighted by Crippen LogP contribution is -2.17. The molecule has 2 N–H and O–H groups in total. The fourth-order valence-electron chi connectivity index (χ4n) is 3.18. The average molecular weight is 470 g/mol. The molecule has 3 aromatic carbocycles. The molecule has 0 unspecified atom stereocenters. The molecule has 1 amide bonds. The SMILES string of the molecule is Cc1ccc(NC(=O)CCc2nc3ccccc3s2)cc1S(=O)(=O)Nc1ccccc1F. The van der Waals surface area contributed by atoms with Crippen LogP contribution in [0.5, 0.6) is 0 Å². The number of hydrogen-bond acceptors (Lipinski definition) is 5. The number of halogens is 1. The molecular formula is C23H20FN3O3S2. The minimum absolute atomic E-state index is 0.0373. The summed E-state index contributed by atoms with van der Waals surface area (Å²) in [6, 6.07) is 17.9. The van der Waals surface area contributed by atoms with Crippen molar-refractivity contribution in [1.82, 2.24) is 4.98 Å². The van der Waals surface area contributed by atoms with Gasteiger partial charge in [0.1, 0.15) is 5.82 Å². The first-order chi connectivity index (χ1) is 15.3. The van der Waals surface area contributed by atoms with Gasteiger partial charge in [-0.25, -0.2) is 17.8 Å². The van der Waals surface area contributed by atoms with Crippen LogP contribution in [0.2, 0.25) is 0 Å². The van der Waals surface area contributed by atoms with E-state index in [1.54, 1.807) is 30.4 Å². The molecule has 0 fully saturated rings. The predicted molar refractivity (Wildman–Crippen MR) is 125 cm³/mol. The molecule has 0 aliphatic carbocycles. The lowest BCUT2D eigenvalue weighted by atomic mass is 10.2. The van der Waals surface area contributed by atoms with Crippen LogP contribution in [-0.4, -0.2) is 19.3 Å².